The van der Waals surface area contributed by atoms with E-state index in [-0.39, 0.29) is 11.7 Å². The van der Waals surface area contributed by atoms with Crippen LogP contribution in [0.1, 0.15) is 34.3 Å². The first kappa shape index (κ1) is 18.4. The molecule has 1 N–H and O–H groups in total. The van der Waals surface area contributed by atoms with Gasteiger partial charge in [-0.1, -0.05) is 29.4 Å². The molecule has 2 heterocycles. The van der Waals surface area contributed by atoms with Crippen LogP contribution in [0.15, 0.2) is 59.3 Å². The average Bonchev–Trinajstić information content (AvgIpc) is 3.40. The van der Waals surface area contributed by atoms with Crippen molar-refractivity contribution in [3.63, 3.8) is 0 Å². The van der Waals surface area contributed by atoms with E-state index in [1.165, 1.54) is 49.9 Å². The van der Waals surface area contributed by atoms with Crippen molar-refractivity contribution in [1.29, 1.82) is 0 Å². The van der Waals surface area contributed by atoms with Gasteiger partial charge in [0.1, 0.15) is 23.3 Å². The van der Waals surface area contributed by atoms with Crippen LogP contribution >= 0.6 is 0 Å². The lowest BCUT2D eigenvalue weighted by Gasteiger charge is -2.14. The second kappa shape index (κ2) is 8.35. The van der Waals surface area contributed by atoms with Crippen LogP contribution in [0.25, 0.3) is 11.3 Å². The lowest BCUT2D eigenvalue weighted by molar-refractivity contribution is 0.0951. The van der Waals surface area contributed by atoms with E-state index in [4.69, 9.17) is 4.52 Å². The monoisotopic (exact) mass is 379 g/mol. The molecule has 6 heteroatoms. The third kappa shape index (κ3) is 4.28. The van der Waals surface area contributed by atoms with E-state index in [0.29, 0.717) is 23.4 Å². The summed E-state index contributed by atoms with van der Waals surface area (Å²) in [4.78, 5) is 15.0. The molecule has 1 amide bonds. The Balaban J connectivity index is 1.37. The summed E-state index contributed by atoms with van der Waals surface area (Å²) in [7, 11) is 0. The molecule has 0 bridgehead atoms. The first-order valence-corrected chi connectivity index (χ1v) is 9.48. The zero-order valence-corrected chi connectivity index (χ0v) is 15.5. The number of likely N-dealkylation sites (tertiary alicyclic amines) is 1. The Kier molecular flexibility index (Phi) is 5.48. The van der Waals surface area contributed by atoms with Gasteiger partial charge in [0.2, 0.25) is 0 Å². The smallest absolute Gasteiger partial charge is 0.257 e. The van der Waals surface area contributed by atoms with Crippen molar-refractivity contribution in [2.24, 2.45) is 0 Å². The number of nitrogens with zero attached hydrogens (tertiary/aromatic N) is 2. The number of amides is 1. The predicted molar refractivity (Wildman–Crippen MR) is 104 cm³/mol. The third-order valence-electron chi connectivity index (χ3n) is 5.01. The van der Waals surface area contributed by atoms with Gasteiger partial charge in [0, 0.05) is 18.7 Å². The Morgan fingerprint density at radius 2 is 1.71 bits per heavy atom. The summed E-state index contributed by atoms with van der Waals surface area (Å²) in [6, 6.07) is 14.1. The van der Waals surface area contributed by atoms with Gasteiger partial charge in [-0.3, -0.25) is 9.69 Å². The minimum Gasteiger partial charge on any atom is -0.363 e. The summed E-state index contributed by atoms with van der Waals surface area (Å²) in [6.45, 7) is 3.74. The number of rotatable bonds is 6. The number of aromatic nitrogens is 1. The van der Waals surface area contributed by atoms with Crippen LogP contribution in [0.4, 0.5) is 4.39 Å². The van der Waals surface area contributed by atoms with Gasteiger partial charge in [-0.05, 0) is 61.3 Å². The molecule has 0 unspecified atom stereocenters. The van der Waals surface area contributed by atoms with Gasteiger partial charge in [0.05, 0.1) is 0 Å². The van der Waals surface area contributed by atoms with Crippen LogP contribution in [0.2, 0.25) is 0 Å². The lowest BCUT2D eigenvalue weighted by atomic mass is 10.1. The number of nitrogens with one attached hydrogen (secondary N) is 1. The molecule has 28 heavy (non-hydrogen) atoms. The summed E-state index contributed by atoms with van der Waals surface area (Å²) in [5.74, 6) is -0.617. The molecule has 0 atom stereocenters. The zero-order chi connectivity index (χ0) is 19.3. The number of carbonyl (C=O) groups is 1. The summed E-state index contributed by atoms with van der Waals surface area (Å²) in [5.41, 5.74) is 3.68. The van der Waals surface area contributed by atoms with Crippen LogP contribution in [-0.4, -0.2) is 29.1 Å². The fourth-order valence-electron chi connectivity index (χ4n) is 3.45. The SMILES string of the molecule is O=C(NCc1ccc(CN2CCCC2)cc1)c1conc1-c1ccc(F)cc1. The maximum Gasteiger partial charge on any atom is 0.257 e. The van der Waals surface area contributed by atoms with E-state index in [1.54, 1.807) is 12.1 Å². The van der Waals surface area contributed by atoms with Gasteiger partial charge >= 0.3 is 0 Å². The van der Waals surface area contributed by atoms with Gasteiger partial charge in [-0.2, -0.15) is 0 Å². The van der Waals surface area contributed by atoms with E-state index in [1.807, 2.05) is 12.1 Å². The standard InChI is InChI=1S/C22H22FN3O2/c23-19-9-7-18(8-10-19)21-20(15-28-25-21)22(27)24-13-16-3-5-17(6-4-16)14-26-11-1-2-12-26/h3-10,15H,1-2,11-14H2,(H,24,27). The molecule has 3 aromatic rings. The van der Waals surface area contributed by atoms with Gasteiger partial charge in [0.15, 0.2) is 0 Å². The summed E-state index contributed by atoms with van der Waals surface area (Å²) in [6.07, 6.45) is 3.88. The maximum atomic E-state index is 13.1. The van der Waals surface area contributed by atoms with E-state index in [2.05, 4.69) is 27.5 Å². The molecule has 4 rings (SSSR count). The lowest BCUT2D eigenvalue weighted by Crippen LogP contribution is -2.23. The molecule has 144 valence electrons. The predicted octanol–water partition coefficient (Wildman–Crippen LogP) is 4.01. The fourth-order valence-corrected chi connectivity index (χ4v) is 3.45. The summed E-state index contributed by atoms with van der Waals surface area (Å²) >= 11 is 0. The Bertz CT molecular complexity index is 929. The molecule has 1 aliphatic rings. The molecular formula is C22H22FN3O2. The minimum atomic E-state index is -0.341. The van der Waals surface area contributed by atoms with Crippen molar-refractivity contribution < 1.29 is 13.7 Å². The van der Waals surface area contributed by atoms with Crippen molar-refractivity contribution in [3.05, 3.63) is 77.3 Å². The Labute approximate surface area is 163 Å². The van der Waals surface area contributed by atoms with Gasteiger partial charge in [0.25, 0.3) is 5.91 Å². The molecule has 2 aromatic carbocycles. The molecule has 0 aliphatic carbocycles. The number of halogens is 1. The van der Waals surface area contributed by atoms with E-state index >= 15 is 0 Å². The van der Waals surface area contributed by atoms with Crippen molar-refractivity contribution in [2.45, 2.75) is 25.9 Å². The molecule has 0 spiro atoms. The van der Waals surface area contributed by atoms with Crippen LogP contribution < -0.4 is 5.32 Å². The molecule has 5 nitrogen and oxygen atoms in total. The first-order valence-electron chi connectivity index (χ1n) is 9.48. The highest BCUT2D eigenvalue weighted by Crippen LogP contribution is 2.22. The van der Waals surface area contributed by atoms with Crippen molar-refractivity contribution in [3.8, 4) is 11.3 Å². The number of hydrogen-bond acceptors (Lipinski definition) is 4. The number of hydrogen-bond donors (Lipinski definition) is 1. The van der Waals surface area contributed by atoms with Crippen LogP contribution in [-0.2, 0) is 13.1 Å². The van der Waals surface area contributed by atoms with Crippen LogP contribution in [0.3, 0.4) is 0 Å². The van der Waals surface area contributed by atoms with Gasteiger partial charge in [-0.15, -0.1) is 0 Å². The van der Waals surface area contributed by atoms with Crippen molar-refractivity contribution >= 4 is 5.91 Å². The highest BCUT2D eigenvalue weighted by atomic mass is 19.1. The van der Waals surface area contributed by atoms with E-state index < -0.39 is 0 Å². The topological polar surface area (TPSA) is 58.4 Å². The Morgan fingerprint density at radius 1 is 1.04 bits per heavy atom. The molecule has 1 aliphatic heterocycles. The Morgan fingerprint density at radius 3 is 2.43 bits per heavy atom. The highest BCUT2D eigenvalue weighted by molar-refractivity contribution is 5.99. The summed E-state index contributed by atoms with van der Waals surface area (Å²) < 4.78 is 18.1. The third-order valence-corrected chi connectivity index (χ3v) is 5.01. The number of carbonyl (C=O) groups excluding carboxylic acids is 1. The van der Waals surface area contributed by atoms with E-state index in [9.17, 15) is 9.18 Å². The van der Waals surface area contributed by atoms with E-state index in [0.717, 1.165) is 12.1 Å². The quantitative estimate of drug-likeness (QED) is 0.703. The van der Waals surface area contributed by atoms with Crippen LogP contribution in [0.5, 0.6) is 0 Å². The molecule has 0 saturated carbocycles. The Hall–Kier alpha value is -2.99. The molecule has 1 fully saturated rings. The second-order valence-electron chi connectivity index (χ2n) is 7.07. The minimum absolute atomic E-state index is 0.276. The zero-order valence-electron chi connectivity index (χ0n) is 15.5. The fraction of sp³-hybridized carbons (Fsp3) is 0.273. The maximum absolute atomic E-state index is 13.1. The highest BCUT2D eigenvalue weighted by Gasteiger charge is 2.17. The summed E-state index contributed by atoms with van der Waals surface area (Å²) in [5, 5.41) is 6.78. The average molecular weight is 379 g/mol. The second-order valence-corrected chi connectivity index (χ2v) is 7.07. The van der Waals surface area contributed by atoms with Gasteiger partial charge < -0.3 is 9.84 Å². The normalized spacial score (nSPS) is 14.3. The van der Waals surface area contributed by atoms with Crippen molar-refractivity contribution in [1.82, 2.24) is 15.4 Å². The van der Waals surface area contributed by atoms with Crippen LogP contribution in [0, 0.1) is 5.82 Å². The molecule has 1 aromatic heterocycles. The largest absolute Gasteiger partial charge is 0.363 e. The number of benzene rings is 2. The van der Waals surface area contributed by atoms with Crippen molar-refractivity contribution in [2.75, 3.05) is 13.1 Å². The first-order chi connectivity index (χ1) is 13.7. The molecule has 1 saturated heterocycles. The molecular weight excluding hydrogens is 357 g/mol. The molecule has 0 radical (unpaired) electrons. The van der Waals surface area contributed by atoms with Gasteiger partial charge in [-0.25, -0.2) is 4.39 Å².